The monoisotopic (exact) mass is 214 g/mol. The number of hydrogen-bond acceptors (Lipinski definition) is 4. The summed E-state index contributed by atoms with van der Waals surface area (Å²) in [6, 6.07) is -0.558. The molecular formula is C10H18N2O3. The number of carbonyl (C=O) groups is 2. The van der Waals surface area contributed by atoms with Crippen molar-refractivity contribution in [2.75, 3.05) is 20.2 Å². The number of carbonyl (C=O) groups excluding carboxylic acids is 2. The molecule has 2 atom stereocenters. The van der Waals surface area contributed by atoms with Crippen LogP contribution in [-0.2, 0) is 14.3 Å². The molecule has 0 aromatic carbocycles. The van der Waals surface area contributed by atoms with Crippen molar-refractivity contribution in [2.24, 2.45) is 5.92 Å². The van der Waals surface area contributed by atoms with Crippen molar-refractivity contribution >= 4 is 11.9 Å². The molecule has 0 spiro atoms. The summed E-state index contributed by atoms with van der Waals surface area (Å²) in [5.74, 6) is -0.0932. The Morgan fingerprint density at radius 3 is 2.87 bits per heavy atom. The maximum atomic E-state index is 11.5. The summed E-state index contributed by atoms with van der Waals surface area (Å²) in [6.07, 6.45) is 1.51. The number of esters is 1. The van der Waals surface area contributed by atoms with Gasteiger partial charge >= 0.3 is 5.97 Å². The van der Waals surface area contributed by atoms with Crippen molar-refractivity contribution in [2.45, 2.75) is 25.8 Å². The Bertz CT molecular complexity index is 237. The van der Waals surface area contributed by atoms with Gasteiger partial charge in [-0.05, 0) is 32.4 Å². The van der Waals surface area contributed by atoms with E-state index in [1.165, 1.54) is 7.11 Å². The zero-order valence-corrected chi connectivity index (χ0v) is 9.21. The van der Waals surface area contributed by atoms with E-state index in [0.717, 1.165) is 19.5 Å². The molecule has 0 radical (unpaired) electrons. The number of hydrogen-bond donors (Lipinski definition) is 2. The van der Waals surface area contributed by atoms with E-state index in [-0.39, 0.29) is 5.91 Å². The van der Waals surface area contributed by atoms with Crippen LogP contribution in [0.25, 0.3) is 0 Å². The van der Waals surface area contributed by atoms with Crippen molar-refractivity contribution in [1.82, 2.24) is 10.6 Å². The molecular weight excluding hydrogens is 196 g/mol. The van der Waals surface area contributed by atoms with Crippen LogP contribution in [0.5, 0.6) is 0 Å². The first-order valence-electron chi connectivity index (χ1n) is 5.21. The maximum absolute atomic E-state index is 11.5. The SMILES string of the molecule is COC(=O)[C@@H](C)NC(=O)CC1CCNC1. The lowest BCUT2D eigenvalue weighted by Crippen LogP contribution is -2.39. The van der Waals surface area contributed by atoms with Crippen LogP contribution in [0.2, 0.25) is 0 Å². The Morgan fingerprint density at radius 1 is 1.60 bits per heavy atom. The van der Waals surface area contributed by atoms with Crippen LogP contribution >= 0.6 is 0 Å². The fourth-order valence-electron chi connectivity index (χ4n) is 1.69. The highest BCUT2D eigenvalue weighted by atomic mass is 16.5. The number of amides is 1. The molecule has 1 rings (SSSR count). The van der Waals surface area contributed by atoms with E-state index >= 15 is 0 Å². The van der Waals surface area contributed by atoms with Crippen LogP contribution in [0.1, 0.15) is 19.8 Å². The lowest BCUT2D eigenvalue weighted by molar-refractivity contribution is -0.144. The molecule has 1 aliphatic rings. The Labute approximate surface area is 89.6 Å². The van der Waals surface area contributed by atoms with Gasteiger partial charge in [0.05, 0.1) is 7.11 Å². The third kappa shape index (κ3) is 3.87. The Morgan fingerprint density at radius 2 is 2.33 bits per heavy atom. The van der Waals surface area contributed by atoms with Crippen LogP contribution in [0.3, 0.4) is 0 Å². The topological polar surface area (TPSA) is 67.4 Å². The van der Waals surface area contributed by atoms with Gasteiger partial charge in [0.2, 0.25) is 5.91 Å². The van der Waals surface area contributed by atoms with Crippen LogP contribution in [0, 0.1) is 5.92 Å². The highest BCUT2D eigenvalue weighted by Crippen LogP contribution is 2.11. The molecule has 5 heteroatoms. The molecule has 1 saturated heterocycles. The highest BCUT2D eigenvalue weighted by molar-refractivity contribution is 5.84. The lowest BCUT2D eigenvalue weighted by atomic mass is 10.0. The summed E-state index contributed by atoms with van der Waals surface area (Å²) in [5, 5.41) is 5.81. The van der Waals surface area contributed by atoms with Gasteiger partial charge in [-0.2, -0.15) is 0 Å². The molecule has 86 valence electrons. The van der Waals surface area contributed by atoms with Gasteiger partial charge in [-0.25, -0.2) is 4.79 Å². The molecule has 1 unspecified atom stereocenters. The number of methoxy groups -OCH3 is 1. The average molecular weight is 214 g/mol. The third-order valence-corrected chi connectivity index (χ3v) is 2.57. The molecule has 1 aliphatic heterocycles. The number of ether oxygens (including phenoxy) is 1. The van der Waals surface area contributed by atoms with Crippen molar-refractivity contribution in [3.05, 3.63) is 0 Å². The third-order valence-electron chi connectivity index (χ3n) is 2.57. The Hall–Kier alpha value is -1.10. The summed E-state index contributed by atoms with van der Waals surface area (Å²) in [7, 11) is 1.31. The van der Waals surface area contributed by atoms with E-state index in [1.807, 2.05) is 0 Å². The minimum atomic E-state index is -0.558. The molecule has 2 N–H and O–H groups in total. The predicted octanol–water partition coefficient (Wildman–Crippen LogP) is -0.336. The maximum Gasteiger partial charge on any atom is 0.328 e. The summed E-state index contributed by atoms with van der Waals surface area (Å²) >= 11 is 0. The molecule has 1 heterocycles. The summed E-state index contributed by atoms with van der Waals surface area (Å²) in [6.45, 7) is 3.49. The Balaban J connectivity index is 2.25. The Kier molecular flexibility index (Phi) is 4.55. The van der Waals surface area contributed by atoms with E-state index in [2.05, 4.69) is 15.4 Å². The minimum Gasteiger partial charge on any atom is -0.467 e. The van der Waals surface area contributed by atoms with Crippen molar-refractivity contribution < 1.29 is 14.3 Å². The van der Waals surface area contributed by atoms with Gasteiger partial charge in [-0.3, -0.25) is 4.79 Å². The fourth-order valence-corrected chi connectivity index (χ4v) is 1.69. The number of rotatable bonds is 4. The largest absolute Gasteiger partial charge is 0.467 e. The van der Waals surface area contributed by atoms with E-state index in [4.69, 9.17) is 0 Å². The van der Waals surface area contributed by atoms with Crippen molar-refractivity contribution in [1.29, 1.82) is 0 Å². The lowest BCUT2D eigenvalue weighted by Gasteiger charge is -2.13. The summed E-state index contributed by atoms with van der Waals surface area (Å²) < 4.78 is 4.52. The zero-order chi connectivity index (χ0) is 11.3. The zero-order valence-electron chi connectivity index (χ0n) is 9.21. The second-order valence-corrected chi connectivity index (χ2v) is 3.88. The van der Waals surface area contributed by atoms with Gasteiger partial charge in [-0.15, -0.1) is 0 Å². The van der Waals surface area contributed by atoms with Crippen LogP contribution in [-0.4, -0.2) is 38.1 Å². The van der Waals surface area contributed by atoms with Crippen LogP contribution < -0.4 is 10.6 Å². The normalized spacial score (nSPS) is 22.1. The fraction of sp³-hybridized carbons (Fsp3) is 0.800. The average Bonchev–Trinajstić information content (AvgIpc) is 2.68. The first kappa shape index (κ1) is 12.0. The first-order valence-corrected chi connectivity index (χ1v) is 5.21. The molecule has 0 bridgehead atoms. The van der Waals surface area contributed by atoms with Crippen molar-refractivity contribution in [3.8, 4) is 0 Å². The van der Waals surface area contributed by atoms with E-state index in [0.29, 0.717) is 12.3 Å². The highest BCUT2D eigenvalue weighted by Gasteiger charge is 2.21. The van der Waals surface area contributed by atoms with E-state index in [9.17, 15) is 9.59 Å². The standard InChI is InChI=1S/C10H18N2O3/c1-7(10(14)15-2)12-9(13)5-8-3-4-11-6-8/h7-8,11H,3-6H2,1-2H3,(H,12,13)/t7-,8?/m1/s1. The molecule has 0 saturated carbocycles. The van der Waals surface area contributed by atoms with Gasteiger partial charge in [0.15, 0.2) is 0 Å². The molecule has 0 aliphatic carbocycles. The second kappa shape index (κ2) is 5.70. The van der Waals surface area contributed by atoms with E-state index in [1.54, 1.807) is 6.92 Å². The minimum absolute atomic E-state index is 0.0819. The van der Waals surface area contributed by atoms with E-state index < -0.39 is 12.0 Å². The molecule has 0 aromatic rings. The number of nitrogens with one attached hydrogen (secondary N) is 2. The summed E-state index contributed by atoms with van der Waals surface area (Å²) in [4.78, 5) is 22.5. The molecule has 1 amide bonds. The van der Waals surface area contributed by atoms with Gasteiger partial charge in [-0.1, -0.05) is 0 Å². The second-order valence-electron chi connectivity index (χ2n) is 3.88. The molecule has 15 heavy (non-hydrogen) atoms. The quantitative estimate of drug-likeness (QED) is 0.628. The van der Waals surface area contributed by atoms with Crippen LogP contribution in [0.4, 0.5) is 0 Å². The predicted molar refractivity (Wildman–Crippen MR) is 55.2 cm³/mol. The molecule has 5 nitrogen and oxygen atoms in total. The summed E-state index contributed by atoms with van der Waals surface area (Å²) in [5.41, 5.74) is 0. The smallest absolute Gasteiger partial charge is 0.328 e. The van der Waals surface area contributed by atoms with Gasteiger partial charge in [0.25, 0.3) is 0 Å². The van der Waals surface area contributed by atoms with Gasteiger partial charge < -0.3 is 15.4 Å². The molecule has 1 fully saturated rings. The molecule has 0 aromatic heterocycles. The first-order chi connectivity index (χ1) is 7.13. The van der Waals surface area contributed by atoms with Crippen LogP contribution in [0.15, 0.2) is 0 Å². The van der Waals surface area contributed by atoms with Gasteiger partial charge in [0.1, 0.15) is 6.04 Å². The van der Waals surface area contributed by atoms with Gasteiger partial charge in [0, 0.05) is 6.42 Å². The van der Waals surface area contributed by atoms with Crippen molar-refractivity contribution in [3.63, 3.8) is 0 Å².